The summed E-state index contributed by atoms with van der Waals surface area (Å²) in [5.41, 5.74) is 0.152. The summed E-state index contributed by atoms with van der Waals surface area (Å²) >= 11 is 2.07. The summed E-state index contributed by atoms with van der Waals surface area (Å²) in [5.74, 6) is 3.14. The van der Waals surface area contributed by atoms with Crippen LogP contribution in [0.1, 0.15) is 25.7 Å². The molecule has 1 spiro atoms. The van der Waals surface area contributed by atoms with E-state index >= 15 is 0 Å². The molecule has 0 saturated carbocycles. The molecule has 3 saturated heterocycles. The molecule has 4 nitrogen and oxygen atoms in total. The van der Waals surface area contributed by atoms with Gasteiger partial charge in [0.05, 0.1) is 31.5 Å². The van der Waals surface area contributed by atoms with Gasteiger partial charge >= 0.3 is 0 Å². The van der Waals surface area contributed by atoms with Crippen LogP contribution >= 0.6 is 11.8 Å². The topological polar surface area (TPSA) is 39.7 Å². The zero-order chi connectivity index (χ0) is 13.8. The van der Waals surface area contributed by atoms with E-state index in [1.807, 2.05) is 0 Å². The average molecular weight is 301 g/mol. The maximum atomic E-state index is 6.21. The van der Waals surface area contributed by atoms with Gasteiger partial charge in [0.25, 0.3) is 0 Å². The molecule has 1 N–H and O–H groups in total. The Morgan fingerprint density at radius 1 is 1.20 bits per heavy atom. The highest BCUT2D eigenvalue weighted by Gasteiger charge is 2.42. The second-order valence-corrected chi connectivity index (χ2v) is 7.42. The third-order valence-corrected chi connectivity index (χ3v) is 6.00. The number of rotatable bonds is 3. The van der Waals surface area contributed by atoms with E-state index in [-0.39, 0.29) is 11.7 Å². The number of ether oxygens (including phenoxy) is 3. The molecule has 5 heteroatoms. The standard InChI is InChI=1S/C15H27NO3S/c1-16-14(13-11-17-6-7-18-13)12-2-5-19-15(10-12)3-8-20-9-4-15/h12-14,16H,2-11H2,1H3. The first kappa shape index (κ1) is 15.1. The number of thioether (sulfide) groups is 1. The smallest absolute Gasteiger partial charge is 0.0964 e. The van der Waals surface area contributed by atoms with Crippen molar-refractivity contribution >= 4 is 11.8 Å². The summed E-state index contributed by atoms with van der Waals surface area (Å²) in [7, 11) is 2.06. The summed E-state index contributed by atoms with van der Waals surface area (Å²) in [6.07, 6.45) is 4.95. The highest BCUT2D eigenvalue weighted by molar-refractivity contribution is 7.99. The summed E-state index contributed by atoms with van der Waals surface area (Å²) < 4.78 is 17.7. The van der Waals surface area contributed by atoms with Crippen molar-refractivity contribution in [2.24, 2.45) is 5.92 Å². The lowest BCUT2D eigenvalue weighted by Crippen LogP contribution is -2.54. The maximum Gasteiger partial charge on any atom is 0.0964 e. The van der Waals surface area contributed by atoms with Crippen molar-refractivity contribution in [2.45, 2.75) is 43.4 Å². The van der Waals surface area contributed by atoms with Crippen molar-refractivity contribution in [3.8, 4) is 0 Å². The largest absolute Gasteiger partial charge is 0.376 e. The lowest BCUT2D eigenvalue weighted by atomic mass is 9.77. The van der Waals surface area contributed by atoms with Gasteiger partial charge in [-0.2, -0.15) is 11.8 Å². The fraction of sp³-hybridized carbons (Fsp3) is 1.00. The first-order chi connectivity index (χ1) is 9.83. The van der Waals surface area contributed by atoms with Crippen LogP contribution < -0.4 is 5.32 Å². The van der Waals surface area contributed by atoms with Gasteiger partial charge in [-0.05, 0) is 50.2 Å². The van der Waals surface area contributed by atoms with Gasteiger partial charge in [-0.1, -0.05) is 0 Å². The van der Waals surface area contributed by atoms with Gasteiger partial charge in [-0.25, -0.2) is 0 Å². The van der Waals surface area contributed by atoms with Crippen LogP contribution in [-0.4, -0.2) is 62.7 Å². The minimum Gasteiger partial charge on any atom is -0.376 e. The molecule has 3 aliphatic heterocycles. The molecule has 3 heterocycles. The third kappa shape index (κ3) is 3.33. The Morgan fingerprint density at radius 3 is 2.75 bits per heavy atom. The number of likely N-dealkylation sites (N-methyl/N-ethyl adjacent to an activating group) is 1. The van der Waals surface area contributed by atoms with E-state index in [1.165, 1.54) is 30.8 Å². The summed E-state index contributed by atoms with van der Waals surface area (Å²) in [4.78, 5) is 0. The van der Waals surface area contributed by atoms with E-state index in [1.54, 1.807) is 0 Å². The molecule has 0 bridgehead atoms. The van der Waals surface area contributed by atoms with Gasteiger partial charge in [0.15, 0.2) is 0 Å². The zero-order valence-corrected chi connectivity index (χ0v) is 13.3. The molecule has 3 unspecified atom stereocenters. The van der Waals surface area contributed by atoms with Crippen molar-refractivity contribution in [2.75, 3.05) is 45.0 Å². The van der Waals surface area contributed by atoms with Gasteiger partial charge in [-0.15, -0.1) is 0 Å². The lowest BCUT2D eigenvalue weighted by molar-refractivity contribution is -0.139. The number of nitrogens with one attached hydrogen (secondary N) is 1. The molecule has 0 radical (unpaired) electrons. The lowest BCUT2D eigenvalue weighted by Gasteiger charge is -2.46. The predicted molar refractivity (Wildman–Crippen MR) is 81.4 cm³/mol. The molecule has 0 aromatic heterocycles. The van der Waals surface area contributed by atoms with E-state index in [0.717, 1.165) is 32.8 Å². The summed E-state index contributed by atoms with van der Waals surface area (Å²) in [6, 6.07) is 0.394. The molecule has 0 aromatic carbocycles. The van der Waals surface area contributed by atoms with Gasteiger partial charge < -0.3 is 19.5 Å². The normalized spacial score (nSPS) is 35.9. The average Bonchev–Trinajstić information content (AvgIpc) is 2.50. The van der Waals surface area contributed by atoms with Crippen molar-refractivity contribution in [1.29, 1.82) is 0 Å². The highest BCUT2D eigenvalue weighted by Crippen LogP contribution is 2.41. The number of hydrogen-bond acceptors (Lipinski definition) is 5. The molecule has 3 rings (SSSR count). The minimum absolute atomic E-state index is 0.152. The van der Waals surface area contributed by atoms with E-state index < -0.39 is 0 Å². The Bertz CT molecular complexity index is 298. The van der Waals surface area contributed by atoms with E-state index in [4.69, 9.17) is 14.2 Å². The molecule has 0 amide bonds. The van der Waals surface area contributed by atoms with Gasteiger partial charge in [-0.3, -0.25) is 0 Å². The minimum atomic E-state index is 0.152. The quantitative estimate of drug-likeness (QED) is 0.859. The van der Waals surface area contributed by atoms with Crippen LogP contribution in [0.15, 0.2) is 0 Å². The van der Waals surface area contributed by atoms with Crippen molar-refractivity contribution in [3.05, 3.63) is 0 Å². The zero-order valence-electron chi connectivity index (χ0n) is 12.4. The van der Waals surface area contributed by atoms with Crippen LogP contribution in [-0.2, 0) is 14.2 Å². The van der Waals surface area contributed by atoms with Crippen molar-refractivity contribution in [3.63, 3.8) is 0 Å². The molecule has 116 valence electrons. The number of hydrogen-bond donors (Lipinski definition) is 1. The van der Waals surface area contributed by atoms with Crippen LogP contribution in [0.25, 0.3) is 0 Å². The molecule has 3 fully saturated rings. The van der Waals surface area contributed by atoms with E-state index in [2.05, 4.69) is 24.1 Å². The second-order valence-electron chi connectivity index (χ2n) is 6.20. The Kier molecular flexibility index (Phi) is 5.26. The maximum absolute atomic E-state index is 6.21. The van der Waals surface area contributed by atoms with Crippen LogP contribution in [0.2, 0.25) is 0 Å². The molecule has 0 aliphatic carbocycles. The highest BCUT2D eigenvalue weighted by atomic mass is 32.2. The molecular formula is C15H27NO3S. The van der Waals surface area contributed by atoms with Crippen molar-refractivity contribution < 1.29 is 14.2 Å². The van der Waals surface area contributed by atoms with Gasteiger partial charge in [0.1, 0.15) is 0 Å². The van der Waals surface area contributed by atoms with Crippen LogP contribution in [0.5, 0.6) is 0 Å². The summed E-state index contributed by atoms with van der Waals surface area (Å²) in [5, 5.41) is 3.50. The molecule has 20 heavy (non-hydrogen) atoms. The second kappa shape index (κ2) is 6.97. The fourth-order valence-electron chi connectivity index (χ4n) is 3.90. The molecule has 0 aromatic rings. The van der Waals surface area contributed by atoms with Crippen LogP contribution in [0, 0.1) is 5.92 Å². The Labute approximate surface area is 126 Å². The molecular weight excluding hydrogens is 274 g/mol. The SMILES string of the molecule is CNC(C1CCOC2(CCSCC2)C1)C1COCCO1. The monoisotopic (exact) mass is 301 g/mol. The first-order valence-corrected chi connectivity index (χ1v) is 9.07. The summed E-state index contributed by atoms with van der Waals surface area (Å²) in [6.45, 7) is 3.10. The fourth-order valence-corrected chi connectivity index (χ4v) is 5.14. The first-order valence-electron chi connectivity index (χ1n) is 7.91. The molecule has 3 aliphatic rings. The Morgan fingerprint density at radius 2 is 2.05 bits per heavy atom. The Balaban J connectivity index is 1.64. The van der Waals surface area contributed by atoms with Crippen LogP contribution in [0.4, 0.5) is 0 Å². The van der Waals surface area contributed by atoms with Crippen molar-refractivity contribution in [1.82, 2.24) is 5.32 Å². The van der Waals surface area contributed by atoms with Crippen LogP contribution in [0.3, 0.4) is 0 Å². The van der Waals surface area contributed by atoms with E-state index in [9.17, 15) is 0 Å². The Hall–Kier alpha value is 0.190. The van der Waals surface area contributed by atoms with Gasteiger partial charge in [0.2, 0.25) is 0 Å². The van der Waals surface area contributed by atoms with Gasteiger partial charge in [0, 0.05) is 12.6 Å². The molecule has 3 atom stereocenters. The third-order valence-electron chi connectivity index (χ3n) is 5.02. The van der Waals surface area contributed by atoms with E-state index in [0.29, 0.717) is 12.0 Å². The predicted octanol–water partition coefficient (Wildman–Crippen LogP) is 1.68.